The van der Waals surface area contributed by atoms with E-state index in [-0.39, 0.29) is 11.3 Å². The summed E-state index contributed by atoms with van der Waals surface area (Å²) in [6.07, 6.45) is 0.279. The number of alkyl carbamates (subject to hydrolysis) is 1. The first-order chi connectivity index (χ1) is 8.14. The van der Waals surface area contributed by atoms with E-state index in [1.165, 1.54) is 0 Å². The normalized spacial score (nSPS) is 15.3. The van der Waals surface area contributed by atoms with Crippen LogP contribution in [-0.4, -0.2) is 32.9 Å². The van der Waals surface area contributed by atoms with E-state index in [1.54, 1.807) is 20.8 Å². The molecule has 1 N–H and O–H groups in total. The van der Waals surface area contributed by atoms with Gasteiger partial charge >= 0.3 is 6.09 Å². The van der Waals surface area contributed by atoms with Gasteiger partial charge in [-0.1, -0.05) is 13.8 Å². The molecule has 108 valence electrons. The first kappa shape index (κ1) is 17.7. The Morgan fingerprint density at radius 2 is 1.94 bits per heavy atom. The minimum Gasteiger partial charge on any atom is -0.444 e. The van der Waals surface area contributed by atoms with Crippen molar-refractivity contribution in [1.82, 2.24) is 5.32 Å². The molecule has 0 aromatic heterocycles. The highest BCUT2D eigenvalue weighted by molar-refractivity contribution is 7.86. The average molecular weight is 298 g/mol. The third kappa shape index (κ3) is 9.71. The van der Waals surface area contributed by atoms with Crippen LogP contribution in [0.5, 0.6) is 0 Å². The number of nitrogens with one attached hydrogen (secondary N) is 1. The second-order valence-electron chi connectivity index (χ2n) is 5.69. The van der Waals surface area contributed by atoms with E-state index < -0.39 is 22.5 Å². The van der Waals surface area contributed by atoms with E-state index in [2.05, 4.69) is 5.32 Å². The molecule has 18 heavy (non-hydrogen) atoms. The van der Waals surface area contributed by atoms with Crippen LogP contribution in [-0.2, 0) is 15.5 Å². The Labute approximate surface area is 117 Å². The van der Waals surface area contributed by atoms with Gasteiger partial charge in [-0.2, -0.15) is 0 Å². The first-order valence-corrected chi connectivity index (χ1v) is 8.06. The minimum atomic E-state index is -1.12. The lowest BCUT2D eigenvalue weighted by atomic mass is 10.1. The summed E-state index contributed by atoms with van der Waals surface area (Å²) in [5, 5.41) is 2.85. The summed E-state index contributed by atoms with van der Waals surface area (Å²) in [5.41, 5.74) is -0.530. The van der Waals surface area contributed by atoms with Crippen molar-refractivity contribution < 1.29 is 13.7 Å². The van der Waals surface area contributed by atoms with Gasteiger partial charge < -0.3 is 10.1 Å². The molecule has 0 aromatic carbocycles. The first-order valence-electron chi connectivity index (χ1n) is 6.04. The Hall–Kier alpha value is -0.290. The zero-order chi connectivity index (χ0) is 14.3. The molecule has 0 saturated carbocycles. The smallest absolute Gasteiger partial charge is 0.407 e. The molecule has 0 aliphatic rings. The van der Waals surface area contributed by atoms with Crippen molar-refractivity contribution in [1.29, 1.82) is 0 Å². The van der Waals surface area contributed by atoms with Crippen molar-refractivity contribution in [2.45, 2.75) is 52.7 Å². The van der Waals surface area contributed by atoms with Gasteiger partial charge in [0.1, 0.15) is 5.60 Å². The zero-order valence-electron chi connectivity index (χ0n) is 11.8. The molecular weight excluding hydrogens is 274 g/mol. The molecule has 0 saturated heterocycles. The summed E-state index contributed by atoms with van der Waals surface area (Å²) < 4.78 is 16.6. The number of hydrogen-bond donors (Lipinski definition) is 1. The van der Waals surface area contributed by atoms with Gasteiger partial charge in [0.15, 0.2) is 0 Å². The summed E-state index contributed by atoms with van der Waals surface area (Å²) in [7, 11) is -1.12. The van der Waals surface area contributed by atoms with E-state index in [0.717, 1.165) is 6.42 Å². The van der Waals surface area contributed by atoms with Gasteiger partial charge in [-0.05, 0) is 33.1 Å². The molecule has 0 bridgehead atoms. The average Bonchev–Trinajstić information content (AvgIpc) is 2.12. The third-order valence-corrected chi connectivity index (χ3v) is 3.73. The number of alkyl halides is 1. The highest BCUT2D eigenvalue weighted by Crippen LogP contribution is 2.10. The maximum atomic E-state index is 11.7. The van der Waals surface area contributed by atoms with E-state index in [0.29, 0.717) is 11.7 Å². The summed E-state index contributed by atoms with van der Waals surface area (Å²) in [5.74, 6) is 0.762. The Morgan fingerprint density at radius 1 is 1.39 bits per heavy atom. The predicted octanol–water partition coefficient (Wildman–Crippen LogP) is 2.87. The number of rotatable bonds is 6. The monoisotopic (exact) mass is 297 g/mol. The van der Waals surface area contributed by atoms with Crippen LogP contribution in [0.25, 0.3) is 0 Å². The van der Waals surface area contributed by atoms with E-state index in [4.69, 9.17) is 16.3 Å². The molecule has 0 spiro atoms. The molecule has 0 heterocycles. The maximum Gasteiger partial charge on any atom is 0.407 e. The molecule has 0 radical (unpaired) electrons. The van der Waals surface area contributed by atoms with Crippen molar-refractivity contribution in [3.05, 3.63) is 0 Å². The van der Waals surface area contributed by atoms with E-state index >= 15 is 0 Å². The molecule has 4 nitrogen and oxygen atoms in total. The Kier molecular flexibility index (Phi) is 7.87. The van der Waals surface area contributed by atoms with Gasteiger partial charge in [0, 0.05) is 22.6 Å². The Morgan fingerprint density at radius 3 is 2.33 bits per heavy atom. The van der Waals surface area contributed by atoms with Gasteiger partial charge in [0.25, 0.3) is 0 Å². The third-order valence-electron chi connectivity index (χ3n) is 1.99. The van der Waals surface area contributed by atoms with Crippen molar-refractivity contribution in [2.24, 2.45) is 5.92 Å². The highest BCUT2D eigenvalue weighted by Gasteiger charge is 2.21. The van der Waals surface area contributed by atoms with Gasteiger partial charge in [-0.25, -0.2) is 4.79 Å². The molecule has 0 fully saturated rings. The molecule has 2 atom stereocenters. The lowest BCUT2D eigenvalue weighted by Gasteiger charge is -2.24. The minimum absolute atomic E-state index is 0.0879. The van der Waals surface area contributed by atoms with Crippen molar-refractivity contribution in [3.8, 4) is 0 Å². The van der Waals surface area contributed by atoms with Crippen LogP contribution in [0.15, 0.2) is 0 Å². The Balaban J connectivity index is 4.39. The molecule has 0 rings (SSSR count). The largest absolute Gasteiger partial charge is 0.444 e. The SMILES string of the molecule is CC(C)C[C@@H](CS(=O)CCl)NC(=O)OC(C)(C)C. The van der Waals surface area contributed by atoms with Crippen LogP contribution < -0.4 is 5.32 Å². The van der Waals surface area contributed by atoms with Crippen LogP contribution in [0, 0.1) is 5.92 Å². The van der Waals surface area contributed by atoms with Crippen LogP contribution >= 0.6 is 11.6 Å². The fourth-order valence-corrected chi connectivity index (χ4v) is 2.51. The summed E-state index contributed by atoms with van der Waals surface area (Å²) >= 11 is 5.53. The summed E-state index contributed by atoms with van der Waals surface area (Å²) in [4.78, 5) is 11.7. The lowest BCUT2D eigenvalue weighted by molar-refractivity contribution is 0.0504. The van der Waals surface area contributed by atoms with Gasteiger partial charge in [0.05, 0.1) is 5.21 Å². The molecule has 1 amide bonds. The number of halogens is 1. The van der Waals surface area contributed by atoms with Gasteiger partial charge in [-0.3, -0.25) is 4.21 Å². The van der Waals surface area contributed by atoms with Crippen LogP contribution in [0.4, 0.5) is 4.79 Å². The fourth-order valence-electron chi connectivity index (χ4n) is 1.48. The predicted molar refractivity (Wildman–Crippen MR) is 76.3 cm³/mol. The number of amides is 1. The number of carbonyl (C=O) groups excluding carboxylic acids is 1. The zero-order valence-corrected chi connectivity index (χ0v) is 13.4. The molecular formula is C12H24ClNO3S. The summed E-state index contributed by atoms with van der Waals surface area (Å²) in [6, 6.07) is -0.167. The molecule has 0 aliphatic heterocycles. The molecule has 0 aliphatic carbocycles. The lowest BCUT2D eigenvalue weighted by Crippen LogP contribution is -2.42. The standard InChI is InChI=1S/C12H24ClNO3S/c1-9(2)6-10(7-18(16)8-13)14-11(15)17-12(3,4)5/h9-10H,6-8H2,1-5H3,(H,14,15)/t10-,18?/m0/s1. The summed E-state index contributed by atoms with van der Waals surface area (Å²) in [6.45, 7) is 9.52. The molecule has 1 unspecified atom stereocenters. The number of ether oxygens (including phenoxy) is 1. The fraction of sp³-hybridized carbons (Fsp3) is 0.917. The van der Waals surface area contributed by atoms with Gasteiger partial charge in [0.2, 0.25) is 0 Å². The number of hydrogen-bond acceptors (Lipinski definition) is 3. The second-order valence-corrected chi connectivity index (χ2v) is 7.77. The van der Waals surface area contributed by atoms with E-state index in [9.17, 15) is 9.00 Å². The quantitative estimate of drug-likeness (QED) is 0.767. The molecule has 0 aromatic rings. The van der Waals surface area contributed by atoms with Crippen molar-refractivity contribution in [3.63, 3.8) is 0 Å². The maximum absolute atomic E-state index is 11.7. The second kappa shape index (κ2) is 8.00. The number of carbonyl (C=O) groups is 1. The van der Waals surface area contributed by atoms with Gasteiger partial charge in [-0.15, -0.1) is 11.6 Å². The topological polar surface area (TPSA) is 55.4 Å². The van der Waals surface area contributed by atoms with E-state index in [1.807, 2.05) is 13.8 Å². The van der Waals surface area contributed by atoms with Crippen LogP contribution in [0.3, 0.4) is 0 Å². The van der Waals surface area contributed by atoms with Crippen molar-refractivity contribution in [2.75, 3.05) is 11.0 Å². The highest BCUT2D eigenvalue weighted by atomic mass is 35.5. The van der Waals surface area contributed by atoms with Crippen LogP contribution in [0.1, 0.15) is 41.0 Å². The Bertz CT molecular complexity index is 290. The van der Waals surface area contributed by atoms with Crippen molar-refractivity contribution >= 4 is 28.5 Å². The van der Waals surface area contributed by atoms with Crippen LogP contribution in [0.2, 0.25) is 0 Å². The molecule has 6 heteroatoms.